The minimum atomic E-state index is -0.00959. The number of benzene rings is 6. The van der Waals surface area contributed by atoms with Gasteiger partial charge >= 0.3 is 0 Å². The SMILES string of the molecule is CC.CC.CC1(C)c2cc3cc4ccccc4cc3cc2-c2cc3c(ccc4ccccc43)cc21. The van der Waals surface area contributed by atoms with Gasteiger partial charge in [0.1, 0.15) is 0 Å². The van der Waals surface area contributed by atoms with Crippen molar-refractivity contribution in [2.24, 2.45) is 0 Å². The van der Waals surface area contributed by atoms with E-state index < -0.39 is 0 Å². The summed E-state index contributed by atoms with van der Waals surface area (Å²) in [5, 5.41) is 10.6. The van der Waals surface area contributed by atoms with E-state index in [0.29, 0.717) is 0 Å². The smallest absolute Gasteiger partial charge is 0.0159 e. The van der Waals surface area contributed by atoms with Gasteiger partial charge in [-0.25, -0.2) is 0 Å². The molecule has 0 nitrogen and oxygen atoms in total. The predicted octanol–water partition coefficient (Wildman–Crippen LogP) is 10.7. The maximum Gasteiger partial charge on any atom is 0.0159 e. The molecule has 0 amide bonds. The summed E-state index contributed by atoms with van der Waals surface area (Å²) in [6, 6.07) is 36.3. The lowest BCUT2D eigenvalue weighted by Gasteiger charge is -2.22. The van der Waals surface area contributed by atoms with Gasteiger partial charge in [0.25, 0.3) is 0 Å². The quantitative estimate of drug-likeness (QED) is 0.158. The molecule has 0 radical (unpaired) electrons. The summed E-state index contributed by atoms with van der Waals surface area (Å²) in [7, 11) is 0. The van der Waals surface area contributed by atoms with Gasteiger partial charge in [0.15, 0.2) is 0 Å². The highest BCUT2D eigenvalue weighted by molar-refractivity contribution is 6.10. The topological polar surface area (TPSA) is 0 Å². The first-order valence-corrected chi connectivity index (χ1v) is 13.0. The van der Waals surface area contributed by atoms with E-state index in [1.807, 2.05) is 27.7 Å². The molecule has 0 aliphatic heterocycles. The monoisotopic (exact) mass is 454 g/mol. The third-order valence-corrected chi connectivity index (χ3v) is 7.36. The van der Waals surface area contributed by atoms with Gasteiger partial charge in [-0.2, -0.15) is 0 Å². The highest BCUT2D eigenvalue weighted by Gasteiger charge is 2.36. The van der Waals surface area contributed by atoms with Crippen LogP contribution >= 0.6 is 0 Å². The summed E-state index contributed by atoms with van der Waals surface area (Å²) in [5.74, 6) is 0. The Balaban J connectivity index is 0.000000605. The molecule has 6 aromatic rings. The lowest BCUT2D eigenvalue weighted by Crippen LogP contribution is -2.14. The summed E-state index contributed by atoms with van der Waals surface area (Å²) >= 11 is 0. The highest BCUT2D eigenvalue weighted by Crippen LogP contribution is 2.51. The second-order valence-corrected chi connectivity index (χ2v) is 9.47. The zero-order valence-corrected chi connectivity index (χ0v) is 21.7. The molecule has 1 aliphatic carbocycles. The standard InChI is InChI=1S/C31H22.2C2H6/c1-31(2)29-16-22-12-11-19-7-5-6-10-25(19)26(22)18-28(29)27-15-23-13-20-8-3-4-9-21(20)14-24(23)17-30(27)31;2*1-2/h3-18H,1-2H3;2*1-2H3. The van der Waals surface area contributed by atoms with Gasteiger partial charge in [0.05, 0.1) is 0 Å². The second kappa shape index (κ2) is 8.86. The van der Waals surface area contributed by atoms with Gasteiger partial charge in [-0.3, -0.25) is 0 Å². The number of rotatable bonds is 0. The average Bonchev–Trinajstić information content (AvgIpc) is 3.12. The van der Waals surface area contributed by atoms with Gasteiger partial charge in [-0.15, -0.1) is 0 Å². The molecule has 0 heteroatoms. The fraction of sp³-hybridized carbons (Fsp3) is 0.200. The maximum absolute atomic E-state index is 2.44. The van der Waals surface area contributed by atoms with E-state index in [1.165, 1.54) is 65.3 Å². The molecule has 0 fully saturated rings. The van der Waals surface area contributed by atoms with Crippen LogP contribution in [0.1, 0.15) is 52.7 Å². The van der Waals surface area contributed by atoms with Gasteiger partial charge in [-0.1, -0.05) is 102 Å². The lowest BCUT2D eigenvalue weighted by atomic mass is 9.81. The van der Waals surface area contributed by atoms with Crippen LogP contribution in [-0.2, 0) is 5.41 Å². The minimum Gasteiger partial charge on any atom is -0.0683 e. The van der Waals surface area contributed by atoms with Crippen molar-refractivity contribution in [3.8, 4) is 11.1 Å². The van der Waals surface area contributed by atoms with Crippen molar-refractivity contribution in [1.82, 2.24) is 0 Å². The molecule has 0 saturated carbocycles. The van der Waals surface area contributed by atoms with Crippen molar-refractivity contribution >= 4 is 43.1 Å². The number of hydrogen-bond acceptors (Lipinski definition) is 0. The average molecular weight is 455 g/mol. The van der Waals surface area contributed by atoms with E-state index in [-0.39, 0.29) is 5.41 Å². The van der Waals surface area contributed by atoms with Crippen LogP contribution in [-0.4, -0.2) is 0 Å². The van der Waals surface area contributed by atoms with E-state index in [9.17, 15) is 0 Å². The highest BCUT2D eigenvalue weighted by atomic mass is 14.4. The van der Waals surface area contributed by atoms with E-state index in [1.54, 1.807) is 0 Å². The summed E-state index contributed by atoms with van der Waals surface area (Å²) in [6.07, 6.45) is 0. The summed E-state index contributed by atoms with van der Waals surface area (Å²) in [5.41, 5.74) is 5.64. The number of fused-ring (bicyclic) bond motifs is 8. The molecule has 0 N–H and O–H groups in total. The molecular weight excluding hydrogens is 420 g/mol. The van der Waals surface area contributed by atoms with Gasteiger partial charge in [-0.05, 0) is 102 Å². The van der Waals surface area contributed by atoms with Crippen molar-refractivity contribution in [3.05, 3.63) is 108 Å². The van der Waals surface area contributed by atoms with Crippen LogP contribution in [0.25, 0.3) is 54.2 Å². The van der Waals surface area contributed by atoms with Crippen LogP contribution in [0.2, 0.25) is 0 Å². The zero-order chi connectivity index (χ0) is 24.7. The first-order valence-electron chi connectivity index (χ1n) is 13.0. The molecule has 0 spiro atoms. The third-order valence-electron chi connectivity index (χ3n) is 7.36. The van der Waals surface area contributed by atoms with Gasteiger partial charge < -0.3 is 0 Å². The molecule has 0 unspecified atom stereocenters. The Morgan fingerprint density at radius 2 is 0.886 bits per heavy atom. The van der Waals surface area contributed by atoms with Crippen LogP contribution in [0.5, 0.6) is 0 Å². The number of hydrogen-bond donors (Lipinski definition) is 0. The van der Waals surface area contributed by atoms with Crippen LogP contribution in [0, 0.1) is 0 Å². The van der Waals surface area contributed by atoms with Crippen LogP contribution in [0.15, 0.2) is 97.1 Å². The molecule has 35 heavy (non-hydrogen) atoms. The third kappa shape index (κ3) is 3.51. The Morgan fingerprint density at radius 1 is 0.400 bits per heavy atom. The van der Waals surface area contributed by atoms with E-state index in [2.05, 4.69) is 111 Å². The van der Waals surface area contributed by atoms with Gasteiger partial charge in [0.2, 0.25) is 0 Å². The Kier molecular flexibility index (Phi) is 5.85. The predicted molar refractivity (Wildman–Crippen MR) is 157 cm³/mol. The Hall–Kier alpha value is -3.64. The second-order valence-electron chi connectivity index (χ2n) is 9.47. The first kappa shape index (κ1) is 23.1. The fourth-order valence-electron chi connectivity index (χ4n) is 5.67. The van der Waals surface area contributed by atoms with Crippen LogP contribution in [0.4, 0.5) is 0 Å². The lowest BCUT2D eigenvalue weighted by molar-refractivity contribution is 0.662. The summed E-state index contributed by atoms with van der Waals surface area (Å²) in [4.78, 5) is 0. The maximum atomic E-state index is 2.44. The molecule has 0 aromatic heterocycles. The Labute approximate surface area is 209 Å². The molecule has 6 aromatic carbocycles. The van der Waals surface area contributed by atoms with Crippen molar-refractivity contribution in [3.63, 3.8) is 0 Å². The largest absolute Gasteiger partial charge is 0.0683 e. The summed E-state index contributed by atoms with van der Waals surface area (Å²) < 4.78 is 0. The van der Waals surface area contributed by atoms with Crippen molar-refractivity contribution in [2.75, 3.05) is 0 Å². The molecule has 0 bridgehead atoms. The normalized spacial score (nSPS) is 13.1. The van der Waals surface area contributed by atoms with Crippen LogP contribution < -0.4 is 0 Å². The van der Waals surface area contributed by atoms with E-state index in [0.717, 1.165) is 0 Å². The molecule has 7 rings (SSSR count). The van der Waals surface area contributed by atoms with Crippen LogP contribution in [0.3, 0.4) is 0 Å². The molecule has 174 valence electrons. The molecule has 0 atom stereocenters. The molecule has 1 aliphatic rings. The zero-order valence-electron chi connectivity index (χ0n) is 21.7. The molecule has 0 saturated heterocycles. The Bertz CT molecular complexity index is 1700. The molecule has 0 heterocycles. The van der Waals surface area contributed by atoms with Crippen molar-refractivity contribution < 1.29 is 0 Å². The summed E-state index contributed by atoms with van der Waals surface area (Å²) in [6.45, 7) is 12.7. The van der Waals surface area contributed by atoms with Crippen molar-refractivity contribution in [1.29, 1.82) is 0 Å². The Morgan fingerprint density at radius 3 is 1.54 bits per heavy atom. The van der Waals surface area contributed by atoms with E-state index >= 15 is 0 Å². The fourth-order valence-corrected chi connectivity index (χ4v) is 5.67. The molecular formula is C35H34. The minimum absolute atomic E-state index is 0.00959. The first-order chi connectivity index (χ1) is 17.1. The van der Waals surface area contributed by atoms with Crippen molar-refractivity contribution in [2.45, 2.75) is 47.0 Å². The van der Waals surface area contributed by atoms with E-state index in [4.69, 9.17) is 0 Å². The van der Waals surface area contributed by atoms with Gasteiger partial charge in [0, 0.05) is 5.41 Å².